The SMILES string of the molecule is COc1ccccc1OCCc1nnc(NC(=S)Nc2ccccc2)s1. The number of nitrogens with zero attached hydrogens (tertiary/aromatic N) is 2. The summed E-state index contributed by atoms with van der Waals surface area (Å²) in [6.07, 6.45) is 0.649. The predicted molar refractivity (Wildman–Crippen MR) is 108 cm³/mol. The maximum Gasteiger partial charge on any atom is 0.211 e. The summed E-state index contributed by atoms with van der Waals surface area (Å²) >= 11 is 6.73. The van der Waals surface area contributed by atoms with Gasteiger partial charge in [-0.1, -0.05) is 41.7 Å². The van der Waals surface area contributed by atoms with Crippen LogP contribution in [0.4, 0.5) is 10.8 Å². The molecule has 0 spiro atoms. The van der Waals surface area contributed by atoms with Gasteiger partial charge in [-0.3, -0.25) is 0 Å². The third-order valence-corrected chi connectivity index (χ3v) is 4.46. The molecule has 0 saturated heterocycles. The highest BCUT2D eigenvalue weighted by Crippen LogP contribution is 2.26. The fraction of sp³-hybridized carbons (Fsp3) is 0.167. The minimum absolute atomic E-state index is 0.476. The number of methoxy groups -OCH3 is 1. The molecule has 1 aromatic heterocycles. The summed E-state index contributed by atoms with van der Waals surface area (Å²) in [5, 5.41) is 16.4. The zero-order chi connectivity index (χ0) is 18.2. The van der Waals surface area contributed by atoms with Crippen LogP contribution in [0.1, 0.15) is 5.01 Å². The molecule has 3 rings (SSSR count). The van der Waals surface area contributed by atoms with E-state index < -0.39 is 0 Å². The Labute approximate surface area is 161 Å². The van der Waals surface area contributed by atoms with E-state index in [0.29, 0.717) is 34.8 Å². The number of hydrogen-bond acceptors (Lipinski definition) is 6. The standard InChI is InChI=1S/C18H18N4O2S2/c1-23-14-9-5-6-10-15(14)24-12-11-16-21-22-18(26-16)20-17(25)19-13-7-3-2-4-8-13/h2-10H,11-12H2,1H3,(H2,19,20,22,25). The molecule has 1 heterocycles. The number of nitrogens with one attached hydrogen (secondary N) is 2. The van der Waals surface area contributed by atoms with Gasteiger partial charge in [0.2, 0.25) is 5.13 Å². The maximum absolute atomic E-state index is 5.76. The number of thiocarbonyl (C=S) groups is 1. The fourth-order valence-corrected chi connectivity index (χ4v) is 3.18. The van der Waals surface area contributed by atoms with Crippen molar-refractivity contribution in [3.8, 4) is 11.5 Å². The van der Waals surface area contributed by atoms with Crippen LogP contribution in [-0.2, 0) is 6.42 Å². The number of rotatable bonds is 7. The molecular formula is C18H18N4O2S2. The van der Waals surface area contributed by atoms with E-state index in [-0.39, 0.29) is 0 Å². The molecule has 8 heteroatoms. The Morgan fingerprint density at radius 1 is 1.00 bits per heavy atom. The Morgan fingerprint density at radius 2 is 1.73 bits per heavy atom. The molecule has 0 bridgehead atoms. The second kappa shape index (κ2) is 9.12. The van der Waals surface area contributed by atoms with Gasteiger partial charge in [-0.25, -0.2) is 0 Å². The van der Waals surface area contributed by atoms with Crippen LogP contribution in [0.15, 0.2) is 54.6 Å². The molecule has 0 unspecified atom stereocenters. The average Bonchev–Trinajstić information content (AvgIpc) is 3.10. The molecule has 2 aromatic carbocycles. The fourth-order valence-electron chi connectivity index (χ4n) is 2.17. The molecule has 0 aliphatic carbocycles. The third-order valence-electron chi connectivity index (χ3n) is 3.36. The van der Waals surface area contributed by atoms with Crippen LogP contribution in [-0.4, -0.2) is 29.0 Å². The van der Waals surface area contributed by atoms with Crippen molar-refractivity contribution in [2.45, 2.75) is 6.42 Å². The van der Waals surface area contributed by atoms with Crippen molar-refractivity contribution in [1.29, 1.82) is 0 Å². The van der Waals surface area contributed by atoms with Crippen molar-refractivity contribution in [1.82, 2.24) is 10.2 Å². The van der Waals surface area contributed by atoms with Crippen molar-refractivity contribution in [2.24, 2.45) is 0 Å². The minimum Gasteiger partial charge on any atom is -0.493 e. The maximum atomic E-state index is 5.76. The van der Waals surface area contributed by atoms with Crippen LogP contribution >= 0.6 is 23.6 Å². The van der Waals surface area contributed by atoms with Gasteiger partial charge in [0, 0.05) is 12.1 Å². The van der Waals surface area contributed by atoms with Crippen LogP contribution in [0.25, 0.3) is 0 Å². The minimum atomic E-state index is 0.476. The van der Waals surface area contributed by atoms with Gasteiger partial charge in [0.05, 0.1) is 13.7 Å². The van der Waals surface area contributed by atoms with Crippen LogP contribution in [0, 0.1) is 0 Å². The molecule has 3 aromatic rings. The highest BCUT2D eigenvalue weighted by molar-refractivity contribution is 7.80. The molecule has 0 aliphatic heterocycles. The van der Waals surface area contributed by atoms with Crippen LogP contribution in [0.2, 0.25) is 0 Å². The van der Waals surface area contributed by atoms with Crippen molar-refractivity contribution in [3.63, 3.8) is 0 Å². The van der Waals surface area contributed by atoms with Crippen molar-refractivity contribution >= 4 is 39.5 Å². The first-order chi connectivity index (χ1) is 12.7. The molecule has 0 atom stereocenters. The average molecular weight is 387 g/mol. The Bertz CT molecular complexity index is 855. The Kier molecular flexibility index (Phi) is 6.34. The van der Waals surface area contributed by atoms with Crippen molar-refractivity contribution in [2.75, 3.05) is 24.4 Å². The first kappa shape index (κ1) is 18.1. The number of ether oxygens (including phenoxy) is 2. The lowest BCUT2D eigenvalue weighted by Crippen LogP contribution is -2.18. The van der Waals surface area contributed by atoms with E-state index in [0.717, 1.165) is 10.7 Å². The van der Waals surface area contributed by atoms with E-state index in [4.69, 9.17) is 21.7 Å². The summed E-state index contributed by atoms with van der Waals surface area (Å²) in [4.78, 5) is 0. The summed E-state index contributed by atoms with van der Waals surface area (Å²) in [6.45, 7) is 0.488. The summed E-state index contributed by atoms with van der Waals surface area (Å²) in [6, 6.07) is 17.3. The molecule has 0 saturated carbocycles. The lowest BCUT2D eigenvalue weighted by Gasteiger charge is -2.09. The number of hydrogen-bond donors (Lipinski definition) is 2. The molecule has 0 fully saturated rings. The molecule has 2 N–H and O–H groups in total. The first-order valence-corrected chi connectivity index (χ1v) is 9.18. The second-order valence-electron chi connectivity index (χ2n) is 5.20. The molecule has 0 aliphatic rings. The van der Waals surface area contributed by atoms with E-state index in [2.05, 4.69) is 20.8 Å². The highest BCUT2D eigenvalue weighted by atomic mass is 32.1. The largest absolute Gasteiger partial charge is 0.493 e. The summed E-state index contributed by atoms with van der Waals surface area (Å²) in [5.41, 5.74) is 0.917. The van der Waals surface area contributed by atoms with Gasteiger partial charge < -0.3 is 20.1 Å². The highest BCUT2D eigenvalue weighted by Gasteiger charge is 2.08. The molecular weight excluding hydrogens is 368 g/mol. The summed E-state index contributed by atoms with van der Waals surface area (Å²) in [7, 11) is 1.62. The molecule has 6 nitrogen and oxygen atoms in total. The van der Waals surface area contributed by atoms with Crippen molar-refractivity contribution in [3.05, 3.63) is 59.6 Å². The summed E-state index contributed by atoms with van der Waals surface area (Å²) < 4.78 is 11.0. The van der Waals surface area contributed by atoms with Crippen LogP contribution < -0.4 is 20.1 Å². The zero-order valence-corrected chi connectivity index (χ0v) is 15.8. The zero-order valence-electron chi connectivity index (χ0n) is 14.1. The summed E-state index contributed by atoms with van der Waals surface area (Å²) in [5.74, 6) is 1.43. The molecule has 26 heavy (non-hydrogen) atoms. The van der Waals surface area contributed by atoms with Gasteiger partial charge in [0.15, 0.2) is 16.6 Å². The molecule has 134 valence electrons. The number of benzene rings is 2. The van der Waals surface area contributed by atoms with Gasteiger partial charge in [-0.05, 0) is 36.5 Å². The Balaban J connectivity index is 1.48. The smallest absolute Gasteiger partial charge is 0.211 e. The van der Waals surface area contributed by atoms with Gasteiger partial charge in [0.25, 0.3) is 0 Å². The predicted octanol–water partition coefficient (Wildman–Crippen LogP) is 3.98. The lowest BCUT2D eigenvalue weighted by atomic mass is 10.3. The number of anilines is 2. The van der Waals surface area contributed by atoms with Gasteiger partial charge >= 0.3 is 0 Å². The van der Waals surface area contributed by atoms with E-state index in [1.807, 2.05) is 54.6 Å². The van der Waals surface area contributed by atoms with Gasteiger partial charge in [-0.2, -0.15) is 0 Å². The van der Waals surface area contributed by atoms with Gasteiger partial charge in [-0.15, -0.1) is 10.2 Å². The van der Waals surface area contributed by atoms with Gasteiger partial charge in [0.1, 0.15) is 5.01 Å². The Hall–Kier alpha value is -2.71. The number of aromatic nitrogens is 2. The van der Waals surface area contributed by atoms with Crippen LogP contribution in [0.5, 0.6) is 11.5 Å². The van der Waals surface area contributed by atoms with Crippen molar-refractivity contribution < 1.29 is 9.47 Å². The normalized spacial score (nSPS) is 10.2. The second-order valence-corrected chi connectivity index (χ2v) is 6.67. The first-order valence-electron chi connectivity index (χ1n) is 7.96. The van der Waals surface area contributed by atoms with Crippen LogP contribution in [0.3, 0.4) is 0 Å². The molecule has 0 amide bonds. The van der Waals surface area contributed by atoms with E-state index in [1.165, 1.54) is 11.3 Å². The van der Waals surface area contributed by atoms with E-state index >= 15 is 0 Å². The lowest BCUT2D eigenvalue weighted by molar-refractivity contribution is 0.297. The third kappa shape index (κ3) is 5.14. The van der Waals surface area contributed by atoms with E-state index in [1.54, 1.807) is 7.11 Å². The topological polar surface area (TPSA) is 68.3 Å². The monoisotopic (exact) mass is 386 g/mol. The Morgan fingerprint density at radius 3 is 2.50 bits per heavy atom. The van der Waals surface area contributed by atoms with E-state index in [9.17, 15) is 0 Å². The molecule has 0 radical (unpaired) electrons. The quantitative estimate of drug-likeness (QED) is 0.595. The number of para-hydroxylation sites is 3.